The molecule has 0 unspecified atom stereocenters. The number of carbonyl (C=O) groups excluding carboxylic acids is 2. The molecule has 1 atom stereocenters. The molecule has 18 heavy (non-hydrogen) atoms. The van der Waals surface area contributed by atoms with E-state index in [2.05, 4.69) is 5.32 Å². The third-order valence-corrected chi connectivity index (χ3v) is 3.76. The predicted octanol–water partition coefficient (Wildman–Crippen LogP) is 1.94. The van der Waals surface area contributed by atoms with Crippen molar-refractivity contribution >= 4 is 11.8 Å². The van der Waals surface area contributed by atoms with Crippen molar-refractivity contribution in [3.8, 4) is 0 Å². The average Bonchev–Trinajstić information content (AvgIpc) is 2.34. The smallest absolute Gasteiger partial charge is 0.245 e. The number of likely N-dealkylation sites (N-methyl/N-ethyl adjacent to an activating group) is 1. The highest BCUT2D eigenvalue weighted by Crippen LogP contribution is 2.22. The van der Waals surface area contributed by atoms with Crippen LogP contribution in [0.25, 0.3) is 0 Å². The molecule has 1 fully saturated rings. The van der Waals surface area contributed by atoms with Gasteiger partial charge in [0.25, 0.3) is 0 Å². The summed E-state index contributed by atoms with van der Waals surface area (Å²) in [5.74, 6) is 0.0265. The van der Waals surface area contributed by atoms with Crippen molar-refractivity contribution in [1.29, 1.82) is 0 Å². The molecule has 0 bridgehead atoms. The molecule has 0 aromatic rings. The maximum Gasteiger partial charge on any atom is 0.245 e. The Labute approximate surface area is 110 Å². The monoisotopic (exact) mass is 254 g/mol. The number of rotatable bonds is 4. The minimum absolute atomic E-state index is 0.0482. The van der Waals surface area contributed by atoms with Crippen molar-refractivity contribution in [3.05, 3.63) is 0 Å². The van der Waals surface area contributed by atoms with E-state index in [1.807, 2.05) is 25.8 Å². The van der Waals surface area contributed by atoms with Gasteiger partial charge in [-0.15, -0.1) is 0 Å². The highest BCUT2D eigenvalue weighted by atomic mass is 16.2. The van der Waals surface area contributed by atoms with Crippen molar-refractivity contribution in [1.82, 2.24) is 10.2 Å². The van der Waals surface area contributed by atoms with E-state index in [4.69, 9.17) is 0 Å². The van der Waals surface area contributed by atoms with Crippen LogP contribution in [-0.2, 0) is 9.59 Å². The number of amides is 2. The largest absolute Gasteiger partial charge is 0.344 e. The van der Waals surface area contributed by atoms with Crippen LogP contribution < -0.4 is 5.32 Å². The van der Waals surface area contributed by atoms with Crippen LogP contribution in [0, 0.1) is 5.92 Å². The Bertz CT molecular complexity index is 296. The van der Waals surface area contributed by atoms with Crippen molar-refractivity contribution in [2.45, 2.75) is 65.0 Å². The summed E-state index contributed by atoms with van der Waals surface area (Å²) in [6.07, 6.45) is 5.86. The second-order valence-corrected chi connectivity index (χ2v) is 5.66. The number of carbonyl (C=O) groups is 2. The molecule has 1 aliphatic carbocycles. The maximum atomic E-state index is 12.4. The summed E-state index contributed by atoms with van der Waals surface area (Å²) in [7, 11) is 1.87. The lowest BCUT2D eigenvalue weighted by Gasteiger charge is -2.34. The molecular weight excluding hydrogens is 228 g/mol. The first-order valence-corrected chi connectivity index (χ1v) is 6.97. The van der Waals surface area contributed by atoms with Gasteiger partial charge >= 0.3 is 0 Å². The highest BCUT2D eigenvalue weighted by molar-refractivity contribution is 5.87. The van der Waals surface area contributed by atoms with Crippen LogP contribution in [0.5, 0.6) is 0 Å². The molecule has 1 N–H and O–H groups in total. The van der Waals surface area contributed by atoms with Gasteiger partial charge in [-0.2, -0.15) is 0 Å². The molecule has 0 spiro atoms. The molecule has 104 valence electrons. The number of hydrogen-bond acceptors (Lipinski definition) is 2. The Hall–Kier alpha value is -1.06. The molecule has 0 aromatic carbocycles. The molecule has 0 aromatic heterocycles. The normalized spacial score (nSPS) is 18.5. The summed E-state index contributed by atoms with van der Waals surface area (Å²) in [6.45, 7) is 5.39. The lowest BCUT2D eigenvalue weighted by Crippen LogP contribution is -2.52. The average molecular weight is 254 g/mol. The van der Waals surface area contributed by atoms with E-state index in [0.29, 0.717) is 6.04 Å². The summed E-state index contributed by atoms with van der Waals surface area (Å²) in [6, 6.07) is -0.0457. The zero-order valence-corrected chi connectivity index (χ0v) is 12.0. The number of nitrogens with zero attached hydrogens (tertiary/aromatic N) is 1. The fraction of sp³-hybridized carbons (Fsp3) is 0.857. The van der Waals surface area contributed by atoms with Crippen molar-refractivity contribution in [2.24, 2.45) is 5.92 Å². The second kappa shape index (κ2) is 6.76. The lowest BCUT2D eigenvalue weighted by atomic mass is 9.93. The van der Waals surface area contributed by atoms with Crippen LogP contribution in [0.2, 0.25) is 0 Å². The van der Waals surface area contributed by atoms with Gasteiger partial charge in [-0.25, -0.2) is 0 Å². The van der Waals surface area contributed by atoms with Crippen LogP contribution in [0.3, 0.4) is 0 Å². The highest BCUT2D eigenvalue weighted by Gasteiger charge is 2.30. The Kier molecular flexibility index (Phi) is 5.63. The van der Waals surface area contributed by atoms with E-state index in [-0.39, 0.29) is 17.7 Å². The molecule has 4 nitrogen and oxygen atoms in total. The van der Waals surface area contributed by atoms with Gasteiger partial charge in [0.15, 0.2) is 0 Å². The summed E-state index contributed by atoms with van der Waals surface area (Å²) in [5.41, 5.74) is 0. The minimum atomic E-state index is -0.394. The summed E-state index contributed by atoms with van der Waals surface area (Å²) < 4.78 is 0. The Morgan fingerprint density at radius 1 is 1.17 bits per heavy atom. The van der Waals surface area contributed by atoms with Crippen LogP contribution in [0.15, 0.2) is 0 Å². The second-order valence-electron chi connectivity index (χ2n) is 5.66. The van der Waals surface area contributed by atoms with E-state index in [1.54, 1.807) is 0 Å². The van der Waals surface area contributed by atoms with E-state index in [0.717, 1.165) is 12.8 Å². The predicted molar refractivity (Wildman–Crippen MR) is 72.1 cm³/mol. The Morgan fingerprint density at radius 3 is 2.17 bits per heavy atom. The van der Waals surface area contributed by atoms with Crippen LogP contribution >= 0.6 is 0 Å². The minimum Gasteiger partial charge on any atom is -0.344 e. The number of hydrogen-bond donors (Lipinski definition) is 1. The van der Waals surface area contributed by atoms with Gasteiger partial charge in [0.1, 0.15) is 6.04 Å². The van der Waals surface area contributed by atoms with Crippen LogP contribution in [0.1, 0.15) is 52.9 Å². The van der Waals surface area contributed by atoms with Gasteiger partial charge in [-0.3, -0.25) is 9.59 Å². The molecule has 2 amide bonds. The standard InChI is InChI=1S/C14H26N2O2/c1-10(2)13(15-11(3)17)14(18)16(4)12-8-6-5-7-9-12/h10,12-13H,5-9H2,1-4H3,(H,15,17)/t13-/m0/s1. The Balaban J connectivity index is 2.65. The van der Waals surface area contributed by atoms with Crippen molar-refractivity contribution in [2.75, 3.05) is 7.05 Å². The summed E-state index contributed by atoms with van der Waals surface area (Å²) in [4.78, 5) is 25.5. The fourth-order valence-corrected chi connectivity index (χ4v) is 2.60. The number of nitrogens with one attached hydrogen (secondary N) is 1. The molecule has 0 radical (unpaired) electrons. The van der Waals surface area contributed by atoms with E-state index >= 15 is 0 Å². The van der Waals surface area contributed by atoms with E-state index in [1.165, 1.54) is 26.2 Å². The summed E-state index contributed by atoms with van der Waals surface area (Å²) in [5, 5.41) is 2.77. The van der Waals surface area contributed by atoms with Gasteiger partial charge in [-0.05, 0) is 18.8 Å². The Morgan fingerprint density at radius 2 is 1.72 bits per heavy atom. The van der Waals surface area contributed by atoms with Crippen molar-refractivity contribution in [3.63, 3.8) is 0 Å². The molecule has 0 saturated heterocycles. The SMILES string of the molecule is CC(=O)N[C@H](C(=O)N(C)C1CCCCC1)C(C)C. The summed E-state index contributed by atoms with van der Waals surface area (Å²) >= 11 is 0. The van der Waals surface area contributed by atoms with Gasteiger partial charge in [-0.1, -0.05) is 33.1 Å². The molecule has 1 aliphatic rings. The molecule has 0 aliphatic heterocycles. The van der Waals surface area contributed by atoms with E-state index in [9.17, 15) is 9.59 Å². The topological polar surface area (TPSA) is 49.4 Å². The quantitative estimate of drug-likeness (QED) is 0.833. The zero-order chi connectivity index (χ0) is 13.7. The van der Waals surface area contributed by atoms with Gasteiger partial charge in [0, 0.05) is 20.0 Å². The van der Waals surface area contributed by atoms with Crippen LogP contribution in [-0.4, -0.2) is 35.8 Å². The maximum absolute atomic E-state index is 12.4. The zero-order valence-electron chi connectivity index (χ0n) is 12.0. The van der Waals surface area contributed by atoms with Crippen LogP contribution in [0.4, 0.5) is 0 Å². The van der Waals surface area contributed by atoms with E-state index < -0.39 is 6.04 Å². The first kappa shape index (κ1) is 15.0. The van der Waals surface area contributed by atoms with Gasteiger partial charge < -0.3 is 10.2 Å². The third kappa shape index (κ3) is 4.00. The molecule has 4 heteroatoms. The first-order chi connectivity index (χ1) is 8.43. The third-order valence-electron chi connectivity index (χ3n) is 3.76. The molecular formula is C14H26N2O2. The van der Waals surface area contributed by atoms with Crippen molar-refractivity contribution < 1.29 is 9.59 Å². The fourth-order valence-electron chi connectivity index (χ4n) is 2.60. The van der Waals surface area contributed by atoms with Gasteiger partial charge in [0.2, 0.25) is 11.8 Å². The first-order valence-electron chi connectivity index (χ1n) is 6.97. The van der Waals surface area contributed by atoms with Gasteiger partial charge in [0.05, 0.1) is 0 Å². The lowest BCUT2D eigenvalue weighted by molar-refractivity contribution is -0.138. The molecule has 0 heterocycles. The molecule has 1 rings (SSSR count). The molecule has 1 saturated carbocycles.